The summed E-state index contributed by atoms with van der Waals surface area (Å²) < 4.78 is 0. The Morgan fingerprint density at radius 1 is 1.10 bits per heavy atom. The number of hydrogen-bond donors (Lipinski definition) is 0. The number of rotatable bonds is 0. The molecule has 0 N–H and O–H groups in total. The van der Waals surface area contributed by atoms with E-state index in [1.807, 2.05) is 12.3 Å². The molecule has 0 aromatic carbocycles. The van der Waals surface area contributed by atoms with E-state index in [0.29, 0.717) is 0 Å². The fourth-order valence-electron chi connectivity index (χ4n) is 0.883. The Bertz CT molecular complexity index is 163. The molecule has 0 aromatic heterocycles. The molecule has 1 nitrogen and oxygen atoms in total. The van der Waals surface area contributed by atoms with Gasteiger partial charge >= 0.3 is 0 Å². The van der Waals surface area contributed by atoms with Crippen LogP contribution in [-0.4, -0.2) is 11.8 Å². The van der Waals surface area contributed by atoms with E-state index in [1.165, 1.54) is 0 Å². The lowest BCUT2D eigenvalue weighted by atomic mass is 9.74. The van der Waals surface area contributed by atoms with Gasteiger partial charge in [-0.2, -0.15) is 0 Å². The minimum Gasteiger partial charge on any atom is -0.286 e. The van der Waals surface area contributed by atoms with Gasteiger partial charge in [0.1, 0.15) is 0 Å². The molecule has 0 unspecified atom stereocenters. The van der Waals surface area contributed by atoms with Crippen LogP contribution in [0.2, 0.25) is 0 Å². The van der Waals surface area contributed by atoms with Crippen LogP contribution in [-0.2, 0) is 0 Å². The maximum Gasteiger partial charge on any atom is 0.0637 e. The molecule has 0 fully saturated rings. The van der Waals surface area contributed by atoms with Crippen molar-refractivity contribution < 1.29 is 0 Å². The van der Waals surface area contributed by atoms with E-state index in [0.717, 1.165) is 0 Å². The van der Waals surface area contributed by atoms with Gasteiger partial charge in [0.05, 0.1) is 5.54 Å². The average Bonchev–Trinajstić information content (AvgIpc) is 1.77. The van der Waals surface area contributed by atoms with Crippen LogP contribution in [0.15, 0.2) is 17.1 Å². The van der Waals surface area contributed by atoms with E-state index in [-0.39, 0.29) is 11.0 Å². The normalized spacial score (nSPS) is 26.8. The summed E-state index contributed by atoms with van der Waals surface area (Å²) in [7, 11) is 0. The molecule has 0 amide bonds. The van der Waals surface area contributed by atoms with Gasteiger partial charge in [-0.3, -0.25) is 4.99 Å². The Morgan fingerprint density at radius 2 is 1.70 bits per heavy atom. The zero-order valence-electron chi connectivity index (χ0n) is 7.18. The molecule has 0 bridgehead atoms. The second-order valence-corrected chi connectivity index (χ2v) is 3.92. The monoisotopic (exact) mass is 137 g/mol. The number of nitrogens with zero attached hydrogens (tertiary/aromatic N) is 1. The summed E-state index contributed by atoms with van der Waals surface area (Å²) in [6.45, 7) is 8.74. The minimum absolute atomic E-state index is 0.0573. The van der Waals surface area contributed by atoms with Crippen LogP contribution in [0.5, 0.6) is 0 Å². The maximum absolute atomic E-state index is 4.40. The van der Waals surface area contributed by atoms with Crippen LogP contribution in [0, 0.1) is 5.41 Å². The van der Waals surface area contributed by atoms with E-state index in [1.54, 1.807) is 0 Å². The van der Waals surface area contributed by atoms with Gasteiger partial charge in [-0.25, -0.2) is 0 Å². The number of hydrogen-bond acceptors (Lipinski definition) is 1. The molecular formula is C9H15N. The van der Waals surface area contributed by atoms with Gasteiger partial charge in [-0.15, -0.1) is 0 Å². The van der Waals surface area contributed by atoms with Crippen molar-refractivity contribution in [3.05, 3.63) is 12.2 Å². The summed E-state index contributed by atoms with van der Waals surface area (Å²) in [6, 6.07) is 0. The minimum atomic E-state index is 0.0573. The van der Waals surface area contributed by atoms with Gasteiger partial charge < -0.3 is 0 Å². The number of allylic oxidation sites excluding steroid dienone is 1. The van der Waals surface area contributed by atoms with E-state index in [2.05, 4.69) is 38.8 Å². The first-order valence-electron chi connectivity index (χ1n) is 3.69. The first kappa shape index (κ1) is 7.52. The number of aliphatic imine (C=N–C) groups is 1. The Hall–Kier alpha value is -0.590. The molecule has 0 aromatic rings. The highest BCUT2D eigenvalue weighted by atomic mass is 14.9. The van der Waals surface area contributed by atoms with E-state index in [9.17, 15) is 0 Å². The average molecular weight is 137 g/mol. The topological polar surface area (TPSA) is 12.4 Å². The largest absolute Gasteiger partial charge is 0.286 e. The molecule has 0 radical (unpaired) electrons. The van der Waals surface area contributed by atoms with Crippen molar-refractivity contribution in [1.29, 1.82) is 0 Å². The Morgan fingerprint density at radius 3 is 2.00 bits per heavy atom. The summed E-state index contributed by atoms with van der Waals surface area (Å²) in [6.07, 6.45) is 6.11. The first-order valence-corrected chi connectivity index (χ1v) is 3.69. The van der Waals surface area contributed by atoms with Crippen LogP contribution in [0.3, 0.4) is 0 Å². The van der Waals surface area contributed by atoms with Crippen molar-refractivity contribution in [3.63, 3.8) is 0 Å². The van der Waals surface area contributed by atoms with Crippen LogP contribution in [0.4, 0.5) is 0 Å². The SMILES string of the molecule is CC1(C)C=CC=NC1(C)C. The standard InChI is InChI=1S/C9H15N/c1-8(2)6-5-7-10-9(8,3)4/h5-7H,1-4H3. The molecule has 1 heterocycles. The summed E-state index contributed by atoms with van der Waals surface area (Å²) >= 11 is 0. The third-order valence-electron chi connectivity index (χ3n) is 2.57. The third-order valence-corrected chi connectivity index (χ3v) is 2.57. The van der Waals surface area contributed by atoms with Crippen molar-refractivity contribution >= 4 is 6.21 Å². The molecule has 1 aliphatic heterocycles. The maximum atomic E-state index is 4.40. The van der Waals surface area contributed by atoms with Crippen LogP contribution < -0.4 is 0 Å². The fourth-order valence-corrected chi connectivity index (χ4v) is 0.883. The Balaban J connectivity index is 2.96. The lowest BCUT2D eigenvalue weighted by molar-refractivity contribution is 0.272. The molecule has 0 aliphatic carbocycles. The smallest absolute Gasteiger partial charge is 0.0637 e. The predicted molar refractivity (Wildman–Crippen MR) is 45.5 cm³/mol. The molecule has 1 heteroatoms. The van der Waals surface area contributed by atoms with E-state index in [4.69, 9.17) is 0 Å². The van der Waals surface area contributed by atoms with Crippen molar-refractivity contribution in [1.82, 2.24) is 0 Å². The highest BCUT2D eigenvalue weighted by Gasteiger charge is 2.34. The molecule has 10 heavy (non-hydrogen) atoms. The Kier molecular flexibility index (Phi) is 1.46. The third kappa shape index (κ3) is 1.00. The quantitative estimate of drug-likeness (QED) is 0.486. The summed E-state index contributed by atoms with van der Waals surface area (Å²) in [5, 5.41) is 0. The second kappa shape index (κ2) is 1.94. The molecule has 0 spiro atoms. The summed E-state index contributed by atoms with van der Waals surface area (Å²) in [5.74, 6) is 0. The molecule has 0 saturated heterocycles. The molecule has 0 atom stereocenters. The van der Waals surface area contributed by atoms with Gasteiger partial charge in [-0.05, 0) is 19.9 Å². The molecule has 0 saturated carbocycles. The number of dihydropyridines is 1. The van der Waals surface area contributed by atoms with Crippen molar-refractivity contribution in [2.75, 3.05) is 0 Å². The highest BCUT2D eigenvalue weighted by Crippen LogP contribution is 2.36. The molecule has 1 aliphatic rings. The summed E-state index contributed by atoms with van der Waals surface area (Å²) in [5.41, 5.74) is 0.253. The van der Waals surface area contributed by atoms with Crippen LogP contribution in [0.25, 0.3) is 0 Å². The predicted octanol–water partition coefficient (Wildman–Crippen LogP) is 2.43. The lowest BCUT2D eigenvalue weighted by Gasteiger charge is -2.37. The van der Waals surface area contributed by atoms with Gasteiger partial charge in [0.2, 0.25) is 0 Å². The molecule has 1 rings (SSSR count). The van der Waals surface area contributed by atoms with Gasteiger partial charge in [0.15, 0.2) is 0 Å². The molecular weight excluding hydrogens is 122 g/mol. The first-order chi connectivity index (χ1) is 4.46. The zero-order valence-corrected chi connectivity index (χ0v) is 7.18. The molecule has 56 valence electrons. The van der Waals surface area contributed by atoms with Crippen molar-refractivity contribution in [2.45, 2.75) is 33.2 Å². The van der Waals surface area contributed by atoms with Gasteiger partial charge in [-0.1, -0.05) is 19.9 Å². The van der Waals surface area contributed by atoms with Crippen LogP contribution >= 0.6 is 0 Å². The lowest BCUT2D eigenvalue weighted by Crippen LogP contribution is -2.37. The fraction of sp³-hybridized carbons (Fsp3) is 0.667. The van der Waals surface area contributed by atoms with E-state index >= 15 is 0 Å². The van der Waals surface area contributed by atoms with Gasteiger partial charge in [0.25, 0.3) is 0 Å². The van der Waals surface area contributed by atoms with Gasteiger partial charge in [0, 0.05) is 11.6 Å². The van der Waals surface area contributed by atoms with E-state index < -0.39 is 0 Å². The van der Waals surface area contributed by atoms with Crippen molar-refractivity contribution in [3.8, 4) is 0 Å². The Labute approximate surface area is 62.9 Å². The summed E-state index contributed by atoms with van der Waals surface area (Å²) in [4.78, 5) is 4.40. The van der Waals surface area contributed by atoms with Crippen LogP contribution in [0.1, 0.15) is 27.7 Å². The van der Waals surface area contributed by atoms with Crippen molar-refractivity contribution in [2.24, 2.45) is 10.4 Å². The highest BCUT2D eigenvalue weighted by molar-refractivity contribution is 5.73. The zero-order chi connectivity index (χ0) is 7.83. The second-order valence-electron chi connectivity index (χ2n) is 3.92.